The molecule has 2 aromatic carbocycles. The molecule has 4 N–H and O–H groups in total. The third kappa shape index (κ3) is 3.18. The number of carboxylic acid groups (broad SMARTS) is 1. The van der Waals surface area contributed by atoms with Crippen molar-refractivity contribution in [1.29, 1.82) is 0 Å². The highest BCUT2D eigenvalue weighted by molar-refractivity contribution is 6.30. The lowest BCUT2D eigenvalue weighted by atomic mass is 9.80. The minimum atomic E-state index is -1.67. The van der Waals surface area contributed by atoms with Crippen LogP contribution in [0.4, 0.5) is 9.59 Å². The third-order valence-corrected chi connectivity index (χ3v) is 6.33. The van der Waals surface area contributed by atoms with E-state index in [4.69, 9.17) is 22.1 Å². The van der Waals surface area contributed by atoms with Gasteiger partial charge in [-0.2, -0.15) is 0 Å². The molecule has 1 saturated heterocycles. The first-order chi connectivity index (χ1) is 13.9. The molecular formula is C21H23ClN3O5+. The molecule has 1 aliphatic rings. The maximum atomic E-state index is 12.9. The minimum absolute atomic E-state index is 0.0989. The lowest BCUT2D eigenvalue weighted by Gasteiger charge is -2.41. The lowest BCUT2D eigenvalue weighted by molar-refractivity contribution is -0.827. The van der Waals surface area contributed by atoms with E-state index in [0.29, 0.717) is 22.1 Å². The fourth-order valence-corrected chi connectivity index (χ4v) is 3.84. The number of carbonyl (C=O) groups excluding carboxylic acids is 2. The molecule has 2 atom stereocenters. The number of nitrogens with zero attached hydrogens (tertiary/aromatic N) is 1. The summed E-state index contributed by atoms with van der Waals surface area (Å²) in [6.45, 7) is 4.36. The number of imide groups is 1. The van der Waals surface area contributed by atoms with E-state index >= 15 is 0 Å². The molecule has 1 heterocycles. The van der Waals surface area contributed by atoms with E-state index in [9.17, 15) is 19.5 Å². The Labute approximate surface area is 178 Å². The molecule has 0 spiro atoms. The Balaban J connectivity index is 1.90. The lowest BCUT2D eigenvalue weighted by Crippen LogP contribution is -2.70. The van der Waals surface area contributed by atoms with E-state index in [1.807, 2.05) is 0 Å². The van der Waals surface area contributed by atoms with Crippen molar-refractivity contribution in [3.63, 3.8) is 0 Å². The number of ether oxygens (including phenoxy) is 1. The van der Waals surface area contributed by atoms with Crippen LogP contribution in [0.2, 0.25) is 5.02 Å². The van der Waals surface area contributed by atoms with Gasteiger partial charge in [0, 0.05) is 10.6 Å². The molecule has 1 aliphatic heterocycles. The van der Waals surface area contributed by atoms with Crippen LogP contribution in [0.5, 0.6) is 11.5 Å². The predicted molar refractivity (Wildman–Crippen MR) is 110 cm³/mol. The number of urea groups is 2. The number of nitrogens with two attached hydrogens (primary N) is 1. The van der Waals surface area contributed by atoms with Crippen LogP contribution >= 0.6 is 11.6 Å². The van der Waals surface area contributed by atoms with Crippen LogP contribution in [0.25, 0.3) is 0 Å². The monoisotopic (exact) mass is 432 g/mol. The largest absolute Gasteiger partial charge is 0.479 e. The second kappa shape index (κ2) is 7.30. The smallest absolute Gasteiger partial charge is 0.427 e. The fourth-order valence-electron chi connectivity index (χ4n) is 3.71. The molecule has 0 aliphatic carbocycles. The van der Waals surface area contributed by atoms with Gasteiger partial charge in [0.25, 0.3) is 0 Å². The van der Waals surface area contributed by atoms with E-state index in [-0.39, 0.29) is 6.54 Å². The topological polar surface area (TPSA) is 119 Å². The van der Waals surface area contributed by atoms with Crippen LogP contribution in [0.3, 0.4) is 0 Å². The van der Waals surface area contributed by atoms with Gasteiger partial charge in [0.15, 0.2) is 5.54 Å². The summed E-state index contributed by atoms with van der Waals surface area (Å²) in [6.07, 6.45) is 0. The molecule has 9 heteroatoms. The summed E-state index contributed by atoms with van der Waals surface area (Å²) in [6, 6.07) is 12.0. The van der Waals surface area contributed by atoms with Crippen molar-refractivity contribution in [3.05, 3.63) is 59.1 Å². The van der Waals surface area contributed by atoms with Crippen LogP contribution in [-0.2, 0) is 11.3 Å². The van der Waals surface area contributed by atoms with Crippen molar-refractivity contribution >= 4 is 29.6 Å². The highest BCUT2D eigenvalue weighted by atomic mass is 35.5. The number of nitrogens with one attached hydrogen (secondary N) is 1. The van der Waals surface area contributed by atoms with Gasteiger partial charge in [0.2, 0.25) is 0 Å². The molecule has 30 heavy (non-hydrogen) atoms. The second-order valence-electron chi connectivity index (χ2n) is 7.93. The molecule has 1 unspecified atom stereocenters. The van der Waals surface area contributed by atoms with Gasteiger partial charge in [-0.25, -0.2) is 14.4 Å². The van der Waals surface area contributed by atoms with Crippen LogP contribution in [0.15, 0.2) is 48.5 Å². The van der Waals surface area contributed by atoms with Crippen molar-refractivity contribution < 1.29 is 28.7 Å². The zero-order chi connectivity index (χ0) is 22.3. The number of hydrogen-bond donors (Lipinski definition) is 3. The van der Waals surface area contributed by atoms with Gasteiger partial charge in [-0.15, -0.1) is 4.48 Å². The standard InChI is InChI=1S/C21H22ClN3O5/c1-20(2)21(3,17(26)27)24-19(29)25(20,18(23)28)12-13-4-8-15(9-5-13)30-16-10-6-14(22)7-11-16/h4-11H,12H2,1-3H3,(H3-,23,24,26,27,28,29)/p+1/t21-,25?/m0/s1. The molecule has 0 bridgehead atoms. The Bertz CT molecular complexity index is 1010. The molecule has 0 saturated carbocycles. The van der Waals surface area contributed by atoms with Gasteiger partial charge in [-0.3, -0.25) is 5.32 Å². The molecule has 1 fully saturated rings. The number of halogens is 1. The SMILES string of the molecule is CC1(C)[C@](C)(C(=O)O)NC(=O)[N+]1(Cc1ccc(Oc2ccc(Cl)cc2)cc1)C(N)=O. The Kier molecular flexibility index (Phi) is 5.26. The summed E-state index contributed by atoms with van der Waals surface area (Å²) in [7, 11) is 0. The molecule has 158 valence electrons. The van der Waals surface area contributed by atoms with Crippen molar-refractivity contribution in [3.8, 4) is 11.5 Å². The molecule has 0 radical (unpaired) electrons. The normalized spacial score (nSPS) is 24.9. The van der Waals surface area contributed by atoms with Gasteiger partial charge in [0.1, 0.15) is 23.6 Å². The van der Waals surface area contributed by atoms with Crippen molar-refractivity contribution in [1.82, 2.24) is 5.32 Å². The first kappa shape index (κ1) is 21.6. The number of hydrogen-bond acceptors (Lipinski definition) is 4. The number of carbonyl (C=O) groups is 3. The van der Waals surface area contributed by atoms with Gasteiger partial charge in [0.05, 0.1) is 0 Å². The van der Waals surface area contributed by atoms with E-state index in [1.54, 1.807) is 62.4 Å². The average Bonchev–Trinajstić information content (AvgIpc) is 2.83. The Morgan fingerprint density at radius 2 is 1.57 bits per heavy atom. The van der Waals surface area contributed by atoms with Gasteiger partial charge in [-0.1, -0.05) is 11.6 Å². The summed E-state index contributed by atoms with van der Waals surface area (Å²) in [5, 5.41) is 12.8. The Hall–Kier alpha value is -3.10. The van der Waals surface area contributed by atoms with E-state index in [2.05, 4.69) is 5.32 Å². The molecular weight excluding hydrogens is 410 g/mol. The molecule has 0 aromatic heterocycles. The van der Waals surface area contributed by atoms with Gasteiger partial charge < -0.3 is 15.6 Å². The highest BCUT2D eigenvalue weighted by Crippen LogP contribution is 2.43. The molecule has 3 rings (SSSR count). The van der Waals surface area contributed by atoms with Crippen LogP contribution in [0, 0.1) is 0 Å². The highest BCUT2D eigenvalue weighted by Gasteiger charge is 2.73. The Morgan fingerprint density at radius 1 is 1.07 bits per heavy atom. The van der Waals surface area contributed by atoms with Crippen LogP contribution in [-0.4, -0.2) is 38.7 Å². The molecule has 8 nitrogen and oxygen atoms in total. The summed E-state index contributed by atoms with van der Waals surface area (Å²) in [5.41, 5.74) is 3.26. The van der Waals surface area contributed by atoms with Gasteiger partial charge >= 0.3 is 18.0 Å². The number of carboxylic acids is 1. The van der Waals surface area contributed by atoms with Gasteiger partial charge in [-0.05, 0) is 69.3 Å². The summed E-state index contributed by atoms with van der Waals surface area (Å²) in [4.78, 5) is 37.3. The van der Waals surface area contributed by atoms with E-state index < -0.39 is 33.6 Å². The summed E-state index contributed by atoms with van der Waals surface area (Å²) < 4.78 is 4.88. The predicted octanol–water partition coefficient (Wildman–Crippen LogP) is 3.87. The van der Waals surface area contributed by atoms with Crippen LogP contribution in [0.1, 0.15) is 26.3 Å². The average molecular weight is 433 g/mol. The fraction of sp³-hybridized carbons (Fsp3) is 0.286. The quantitative estimate of drug-likeness (QED) is 0.619. The summed E-state index contributed by atoms with van der Waals surface area (Å²) >= 11 is 5.87. The minimum Gasteiger partial charge on any atom is -0.479 e. The zero-order valence-corrected chi connectivity index (χ0v) is 17.6. The van der Waals surface area contributed by atoms with Crippen molar-refractivity contribution in [2.45, 2.75) is 38.4 Å². The number of benzene rings is 2. The number of rotatable bonds is 5. The maximum Gasteiger partial charge on any atom is 0.427 e. The summed E-state index contributed by atoms with van der Waals surface area (Å²) in [5.74, 6) is -0.0916. The first-order valence-electron chi connectivity index (χ1n) is 9.21. The van der Waals surface area contributed by atoms with E-state index in [0.717, 1.165) is 0 Å². The Morgan fingerprint density at radius 3 is 2.00 bits per heavy atom. The zero-order valence-electron chi connectivity index (χ0n) is 16.8. The molecule has 2 aromatic rings. The van der Waals surface area contributed by atoms with Crippen LogP contribution < -0.4 is 15.8 Å². The van der Waals surface area contributed by atoms with E-state index in [1.165, 1.54) is 6.92 Å². The maximum absolute atomic E-state index is 12.9. The number of aliphatic carboxylic acids is 1. The second-order valence-corrected chi connectivity index (χ2v) is 8.36. The number of quaternary nitrogens is 1. The number of primary amides is 1. The van der Waals surface area contributed by atoms with Crippen molar-refractivity contribution in [2.24, 2.45) is 5.73 Å². The van der Waals surface area contributed by atoms with Crippen molar-refractivity contribution in [2.75, 3.05) is 0 Å². The third-order valence-electron chi connectivity index (χ3n) is 6.08. The number of amides is 4. The molecule has 4 amide bonds. The first-order valence-corrected chi connectivity index (χ1v) is 9.58.